The molecule has 0 saturated carbocycles. The molecule has 0 saturated heterocycles. The van der Waals surface area contributed by atoms with Gasteiger partial charge in [-0.2, -0.15) is 0 Å². The number of hydrogen-bond acceptors (Lipinski definition) is 3. The van der Waals surface area contributed by atoms with E-state index in [1.807, 2.05) is 0 Å². The Morgan fingerprint density at radius 1 is 1.64 bits per heavy atom. The van der Waals surface area contributed by atoms with E-state index in [2.05, 4.69) is 20.9 Å². The van der Waals surface area contributed by atoms with Gasteiger partial charge in [-0.25, -0.2) is 9.78 Å². The minimum absolute atomic E-state index is 0.0222. The monoisotopic (exact) mass is 216 g/mol. The number of carbonyl (C=O) groups is 1. The highest BCUT2D eigenvalue weighted by atomic mass is 79.9. The first-order valence-electron chi connectivity index (χ1n) is 2.76. The van der Waals surface area contributed by atoms with Crippen LogP contribution in [0.3, 0.4) is 0 Å². The van der Waals surface area contributed by atoms with Gasteiger partial charge in [0.15, 0.2) is 0 Å². The second-order valence-corrected chi connectivity index (χ2v) is 2.63. The standard InChI is InChI=1S/C6H5BrN2O2/c7-5-3(8)1-2-4(9-5)6(10)11/h1-2H,8H2,(H,10,11). The van der Waals surface area contributed by atoms with Crippen LogP contribution in [0.2, 0.25) is 0 Å². The normalized spacial score (nSPS) is 9.55. The molecule has 0 radical (unpaired) electrons. The second kappa shape index (κ2) is 2.87. The van der Waals surface area contributed by atoms with Crippen molar-refractivity contribution >= 4 is 27.6 Å². The van der Waals surface area contributed by atoms with Gasteiger partial charge in [-0.15, -0.1) is 0 Å². The van der Waals surface area contributed by atoms with Gasteiger partial charge >= 0.3 is 5.97 Å². The van der Waals surface area contributed by atoms with E-state index in [1.54, 1.807) is 0 Å². The number of anilines is 1. The number of aromatic nitrogens is 1. The first-order valence-corrected chi connectivity index (χ1v) is 3.56. The van der Waals surface area contributed by atoms with E-state index in [-0.39, 0.29) is 5.69 Å². The average Bonchev–Trinajstić information content (AvgIpc) is 1.94. The summed E-state index contributed by atoms with van der Waals surface area (Å²) in [7, 11) is 0. The lowest BCUT2D eigenvalue weighted by molar-refractivity contribution is 0.0690. The molecule has 0 unspecified atom stereocenters. The third-order valence-corrected chi connectivity index (χ3v) is 1.73. The summed E-state index contributed by atoms with van der Waals surface area (Å²) < 4.78 is 0.359. The first-order chi connectivity index (χ1) is 5.11. The van der Waals surface area contributed by atoms with Crippen LogP contribution in [0.1, 0.15) is 10.5 Å². The summed E-state index contributed by atoms with van der Waals surface area (Å²) in [6.45, 7) is 0. The molecule has 1 aromatic rings. The Labute approximate surface area is 71.2 Å². The molecular formula is C6H5BrN2O2. The summed E-state index contributed by atoms with van der Waals surface area (Å²) >= 11 is 3.01. The molecule has 1 heterocycles. The lowest BCUT2D eigenvalue weighted by atomic mass is 10.3. The maximum absolute atomic E-state index is 10.3. The number of nitrogens with two attached hydrogens (primary N) is 1. The Kier molecular flexibility index (Phi) is 2.09. The van der Waals surface area contributed by atoms with E-state index in [9.17, 15) is 4.79 Å². The highest BCUT2D eigenvalue weighted by Gasteiger charge is 2.05. The van der Waals surface area contributed by atoms with Crippen molar-refractivity contribution in [2.75, 3.05) is 5.73 Å². The van der Waals surface area contributed by atoms with Gasteiger partial charge in [0.25, 0.3) is 0 Å². The molecule has 0 spiro atoms. The summed E-state index contributed by atoms with van der Waals surface area (Å²) in [6, 6.07) is 2.84. The molecule has 1 aromatic heterocycles. The number of nitrogens with zero attached hydrogens (tertiary/aromatic N) is 1. The number of nitrogen functional groups attached to an aromatic ring is 1. The van der Waals surface area contributed by atoms with Crippen LogP contribution in [0.25, 0.3) is 0 Å². The van der Waals surface area contributed by atoms with Gasteiger partial charge in [-0.1, -0.05) is 0 Å². The van der Waals surface area contributed by atoms with Crippen molar-refractivity contribution in [1.82, 2.24) is 4.98 Å². The van der Waals surface area contributed by atoms with Crippen molar-refractivity contribution in [3.63, 3.8) is 0 Å². The van der Waals surface area contributed by atoms with Crippen LogP contribution in [0.4, 0.5) is 5.69 Å². The van der Waals surface area contributed by atoms with Crippen LogP contribution in [0.5, 0.6) is 0 Å². The SMILES string of the molecule is Nc1ccc(C(=O)O)nc1Br. The molecule has 0 aliphatic rings. The summed E-state index contributed by atoms with van der Waals surface area (Å²) in [4.78, 5) is 14.0. The molecule has 3 N–H and O–H groups in total. The minimum atomic E-state index is -1.06. The van der Waals surface area contributed by atoms with Crippen LogP contribution in [0, 0.1) is 0 Å². The molecule has 0 atom stereocenters. The Bertz CT molecular complexity index is 301. The van der Waals surface area contributed by atoms with E-state index < -0.39 is 5.97 Å². The summed E-state index contributed by atoms with van der Waals surface area (Å²) in [5.74, 6) is -1.06. The molecule has 1 rings (SSSR count). The number of carboxylic acid groups (broad SMARTS) is 1. The zero-order chi connectivity index (χ0) is 8.43. The van der Waals surface area contributed by atoms with Crippen LogP contribution in [0.15, 0.2) is 16.7 Å². The smallest absolute Gasteiger partial charge is 0.354 e. The Balaban J connectivity index is 3.15. The van der Waals surface area contributed by atoms with E-state index in [1.165, 1.54) is 12.1 Å². The van der Waals surface area contributed by atoms with Crippen molar-refractivity contribution in [2.24, 2.45) is 0 Å². The molecule has 0 aromatic carbocycles. The van der Waals surface area contributed by atoms with Crippen molar-refractivity contribution in [2.45, 2.75) is 0 Å². The van der Waals surface area contributed by atoms with Gasteiger partial charge in [-0.3, -0.25) is 0 Å². The van der Waals surface area contributed by atoms with Crippen LogP contribution >= 0.6 is 15.9 Å². The highest BCUT2D eigenvalue weighted by molar-refractivity contribution is 9.10. The Hall–Kier alpha value is -1.10. The number of hydrogen-bond donors (Lipinski definition) is 2. The molecule has 4 nitrogen and oxygen atoms in total. The quantitative estimate of drug-likeness (QED) is 0.691. The highest BCUT2D eigenvalue weighted by Crippen LogP contribution is 2.15. The lowest BCUT2D eigenvalue weighted by Gasteiger charge is -1.97. The van der Waals surface area contributed by atoms with E-state index in [0.717, 1.165) is 0 Å². The molecule has 0 aliphatic heterocycles. The Morgan fingerprint density at radius 2 is 2.27 bits per heavy atom. The second-order valence-electron chi connectivity index (χ2n) is 1.88. The predicted octanol–water partition coefficient (Wildman–Crippen LogP) is 1.12. The average molecular weight is 217 g/mol. The molecule has 0 aliphatic carbocycles. The molecule has 0 amide bonds. The minimum Gasteiger partial charge on any atom is -0.477 e. The number of pyridine rings is 1. The summed E-state index contributed by atoms with van der Waals surface area (Å²) in [5, 5.41) is 8.48. The van der Waals surface area contributed by atoms with Gasteiger partial charge in [0.05, 0.1) is 5.69 Å². The third kappa shape index (κ3) is 1.68. The van der Waals surface area contributed by atoms with Crippen molar-refractivity contribution in [3.8, 4) is 0 Å². The molecule has 5 heteroatoms. The largest absolute Gasteiger partial charge is 0.477 e. The van der Waals surface area contributed by atoms with E-state index >= 15 is 0 Å². The van der Waals surface area contributed by atoms with Crippen molar-refractivity contribution in [3.05, 3.63) is 22.4 Å². The summed E-state index contributed by atoms with van der Waals surface area (Å²) in [5.41, 5.74) is 5.79. The van der Waals surface area contributed by atoms with Crippen molar-refractivity contribution in [1.29, 1.82) is 0 Å². The van der Waals surface area contributed by atoms with Gasteiger partial charge < -0.3 is 10.8 Å². The zero-order valence-electron chi connectivity index (χ0n) is 5.41. The van der Waals surface area contributed by atoms with E-state index in [0.29, 0.717) is 10.3 Å². The summed E-state index contributed by atoms with van der Waals surface area (Å²) in [6.07, 6.45) is 0. The zero-order valence-corrected chi connectivity index (χ0v) is 7.00. The van der Waals surface area contributed by atoms with E-state index in [4.69, 9.17) is 10.8 Å². The third-order valence-electron chi connectivity index (χ3n) is 1.10. The van der Waals surface area contributed by atoms with Crippen LogP contribution in [-0.4, -0.2) is 16.1 Å². The maximum Gasteiger partial charge on any atom is 0.354 e. The molecule has 11 heavy (non-hydrogen) atoms. The van der Waals surface area contributed by atoms with Crippen molar-refractivity contribution < 1.29 is 9.90 Å². The predicted molar refractivity (Wildman–Crippen MR) is 43.3 cm³/mol. The number of carboxylic acids is 1. The lowest BCUT2D eigenvalue weighted by Crippen LogP contribution is -2.01. The maximum atomic E-state index is 10.3. The van der Waals surface area contributed by atoms with Gasteiger partial charge in [0.1, 0.15) is 10.3 Å². The van der Waals surface area contributed by atoms with Gasteiger partial charge in [0, 0.05) is 0 Å². The fourth-order valence-corrected chi connectivity index (χ4v) is 0.887. The molecule has 0 fully saturated rings. The molecule has 58 valence electrons. The Morgan fingerprint density at radius 3 is 2.73 bits per heavy atom. The first kappa shape index (κ1) is 8.00. The van der Waals surface area contributed by atoms with Gasteiger partial charge in [-0.05, 0) is 28.1 Å². The fourth-order valence-electron chi connectivity index (χ4n) is 0.564. The molecule has 0 bridgehead atoms. The van der Waals surface area contributed by atoms with Gasteiger partial charge in [0.2, 0.25) is 0 Å². The number of aromatic carboxylic acids is 1. The van der Waals surface area contributed by atoms with Crippen LogP contribution in [-0.2, 0) is 0 Å². The molecular weight excluding hydrogens is 212 g/mol. The topological polar surface area (TPSA) is 76.2 Å². The number of halogens is 1. The number of rotatable bonds is 1. The fraction of sp³-hybridized carbons (Fsp3) is 0. The van der Waals surface area contributed by atoms with Crippen LogP contribution < -0.4 is 5.73 Å².